The zero-order valence-electron chi connectivity index (χ0n) is 12.2. The van der Waals surface area contributed by atoms with Crippen LogP contribution in [0.4, 0.5) is 11.4 Å². The maximum absolute atomic E-state index is 11.3. The second-order valence-electron chi connectivity index (χ2n) is 5.34. The molecule has 0 radical (unpaired) electrons. The van der Waals surface area contributed by atoms with Crippen molar-refractivity contribution in [3.8, 4) is 5.75 Å². The van der Waals surface area contributed by atoms with Crippen LogP contribution in [0.1, 0.15) is 16.7 Å². The molecule has 3 rings (SSSR count). The summed E-state index contributed by atoms with van der Waals surface area (Å²) in [5.74, 6) is 0.617. The topological polar surface area (TPSA) is 50.4 Å². The average Bonchev–Trinajstić information content (AvgIpc) is 2.46. The van der Waals surface area contributed by atoms with E-state index in [1.54, 1.807) is 0 Å². The van der Waals surface area contributed by atoms with Gasteiger partial charge in [0.1, 0.15) is 5.75 Å². The zero-order chi connectivity index (χ0) is 14.8. The number of rotatable bonds is 3. The third-order valence-electron chi connectivity index (χ3n) is 3.54. The molecular weight excluding hydrogens is 264 g/mol. The Morgan fingerprint density at radius 2 is 2.05 bits per heavy atom. The van der Waals surface area contributed by atoms with Crippen LogP contribution in [0.2, 0.25) is 0 Å². The standard InChI is InChI=1S/C17H18N2O2/c1-11-3-5-14(12(2)7-11)18-9-13-4-6-16-15(8-13)19-17(20)10-21-16/h3-8,18H,9-10H2,1-2H3,(H,19,20). The second-order valence-corrected chi connectivity index (χ2v) is 5.34. The van der Waals surface area contributed by atoms with Gasteiger partial charge < -0.3 is 15.4 Å². The molecule has 0 saturated carbocycles. The number of benzene rings is 2. The summed E-state index contributed by atoms with van der Waals surface area (Å²) in [6.45, 7) is 4.97. The van der Waals surface area contributed by atoms with Gasteiger partial charge in [0, 0.05) is 12.2 Å². The number of carbonyl (C=O) groups excluding carboxylic acids is 1. The molecule has 0 bridgehead atoms. The van der Waals surface area contributed by atoms with Crippen molar-refractivity contribution in [2.45, 2.75) is 20.4 Å². The largest absolute Gasteiger partial charge is 0.482 e. The van der Waals surface area contributed by atoms with E-state index in [9.17, 15) is 4.79 Å². The minimum absolute atomic E-state index is 0.0904. The summed E-state index contributed by atoms with van der Waals surface area (Å²) in [6, 6.07) is 12.2. The van der Waals surface area contributed by atoms with Crippen molar-refractivity contribution in [1.82, 2.24) is 0 Å². The average molecular weight is 282 g/mol. The Morgan fingerprint density at radius 3 is 2.86 bits per heavy atom. The molecule has 4 heteroatoms. The first-order valence-electron chi connectivity index (χ1n) is 6.98. The summed E-state index contributed by atoms with van der Waals surface area (Å²) in [7, 11) is 0. The highest BCUT2D eigenvalue weighted by molar-refractivity contribution is 5.95. The fourth-order valence-corrected chi connectivity index (χ4v) is 2.45. The van der Waals surface area contributed by atoms with Crippen LogP contribution in [0.15, 0.2) is 36.4 Å². The zero-order valence-corrected chi connectivity index (χ0v) is 12.2. The number of carbonyl (C=O) groups is 1. The van der Waals surface area contributed by atoms with E-state index in [-0.39, 0.29) is 12.5 Å². The number of amides is 1. The second kappa shape index (κ2) is 5.48. The van der Waals surface area contributed by atoms with E-state index < -0.39 is 0 Å². The monoisotopic (exact) mass is 282 g/mol. The van der Waals surface area contributed by atoms with E-state index in [1.165, 1.54) is 11.1 Å². The third kappa shape index (κ3) is 2.99. The Hall–Kier alpha value is -2.49. The summed E-state index contributed by atoms with van der Waals surface area (Å²) >= 11 is 0. The van der Waals surface area contributed by atoms with Gasteiger partial charge in [-0.1, -0.05) is 23.8 Å². The van der Waals surface area contributed by atoms with Gasteiger partial charge in [0.25, 0.3) is 5.91 Å². The van der Waals surface area contributed by atoms with E-state index in [1.807, 2.05) is 18.2 Å². The van der Waals surface area contributed by atoms with Crippen LogP contribution in [-0.4, -0.2) is 12.5 Å². The summed E-state index contributed by atoms with van der Waals surface area (Å²) in [5.41, 5.74) is 5.44. The number of anilines is 2. The molecule has 1 aliphatic heterocycles. The first-order chi connectivity index (χ1) is 10.1. The predicted molar refractivity (Wildman–Crippen MR) is 83.8 cm³/mol. The highest BCUT2D eigenvalue weighted by Gasteiger charge is 2.15. The molecule has 2 aromatic rings. The SMILES string of the molecule is Cc1ccc(NCc2ccc3c(c2)NC(=O)CO3)c(C)c1. The maximum Gasteiger partial charge on any atom is 0.262 e. The van der Waals surface area contributed by atoms with E-state index >= 15 is 0 Å². The Morgan fingerprint density at radius 1 is 1.19 bits per heavy atom. The van der Waals surface area contributed by atoms with Gasteiger partial charge in [0.2, 0.25) is 0 Å². The van der Waals surface area contributed by atoms with Gasteiger partial charge in [0.05, 0.1) is 5.69 Å². The molecule has 0 aliphatic carbocycles. The van der Waals surface area contributed by atoms with Gasteiger partial charge in [-0.05, 0) is 43.2 Å². The van der Waals surface area contributed by atoms with Crippen molar-refractivity contribution in [1.29, 1.82) is 0 Å². The van der Waals surface area contributed by atoms with E-state index in [4.69, 9.17) is 4.74 Å². The Bertz CT molecular complexity index is 695. The van der Waals surface area contributed by atoms with Crippen LogP contribution >= 0.6 is 0 Å². The molecule has 108 valence electrons. The van der Waals surface area contributed by atoms with Crippen molar-refractivity contribution in [2.75, 3.05) is 17.2 Å². The summed E-state index contributed by atoms with van der Waals surface area (Å²) in [5, 5.41) is 6.25. The Balaban J connectivity index is 1.73. The van der Waals surface area contributed by atoms with Crippen LogP contribution in [0, 0.1) is 13.8 Å². The van der Waals surface area contributed by atoms with E-state index in [0.29, 0.717) is 6.54 Å². The lowest BCUT2D eigenvalue weighted by atomic mass is 10.1. The van der Waals surface area contributed by atoms with E-state index in [0.717, 1.165) is 22.7 Å². The molecule has 1 amide bonds. The molecule has 1 heterocycles. The molecule has 0 unspecified atom stereocenters. The molecule has 2 aromatic carbocycles. The van der Waals surface area contributed by atoms with Crippen LogP contribution in [0.25, 0.3) is 0 Å². The first-order valence-corrected chi connectivity index (χ1v) is 6.98. The fourth-order valence-electron chi connectivity index (χ4n) is 2.45. The third-order valence-corrected chi connectivity index (χ3v) is 3.54. The van der Waals surface area contributed by atoms with Crippen molar-refractivity contribution >= 4 is 17.3 Å². The number of hydrogen-bond acceptors (Lipinski definition) is 3. The predicted octanol–water partition coefficient (Wildman–Crippen LogP) is 3.25. The molecule has 0 aromatic heterocycles. The molecule has 0 spiro atoms. The van der Waals surface area contributed by atoms with Gasteiger partial charge in [0.15, 0.2) is 6.61 Å². The van der Waals surface area contributed by atoms with Gasteiger partial charge in [-0.3, -0.25) is 4.79 Å². The molecule has 0 saturated heterocycles. The van der Waals surface area contributed by atoms with Crippen molar-refractivity contribution in [3.63, 3.8) is 0 Å². The number of ether oxygens (including phenoxy) is 1. The van der Waals surface area contributed by atoms with Gasteiger partial charge in [-0.2, -0.15) is 0 Å². The van der Waals surface area contributed by atoms with Crippen molar-refractivity contribution in [2.24, 2.45) is 0 Å². The quantitative estimate of drug-likeness (QED) is 0.908. The van der Waals surface area contributed by atoms with Crippen LogP contribution in [-0.2, 0) is 11.3 Å². The Labute approximate surface area is 124 Å². The van der Waals surface area contributed by atoms with Gasteiger partial charge >= 0.3 is 0 Å². The lowest BCUT2D eigenvalue weighted by Gasteiger charge is -2.19. The summed E-state index contributed by atoms with van der Waals surface area (Å²) in [4.78, 5) is 11.3. The van der Waals surface area contributed by atoms with Crippen LogP contribution in [0.5, 0.6) is 5.75 Å². The highest BCUT2D eigenvalue weighted by atomic mass is 16.5. The normalized spacial score (nSPS) is 13.1. The molecule has 2 N–H and O–H groups in total. The lowest BCUT2D eigenvalue weighted by Crippen LogP contribution is -2.25. The molecule has 1 aliphatic rings. The molecule has 0 atom stereocenters. The molecule has 0 fully saturated rings. The van der Waals surface area contributed by atoms with E-state index in [2.05, 4.69) is 42.7 Å². The summed E-state index contributed by atoms with van der Waals surface area (Å²) in [6.07, 6.45) is 0. The number of fused-ring (bicyclic) bond motifs is 1. The van der Waals surface area contributed by atoms with Crippen molar-refractivity contribution in [3.05, 3.63) is 53.1 Å². The van der Waals surface area contributed by atoms with Crippen molar-refractivity contribution < 1.29 is 9.53 Å². The Kier molecular flexibility index (Phi) is 3.52. The lowest BCUT2D eigenvalue weighted by molar-refractivity contribution is -0.118. The molecule has 21 heavy (non-hydrogen) atoms. The number of aryl methyl sites for hydroxylation is 2. The van der Waals surface area contributed by atoms with Gasteiger partial charge in [-0.25, -0.2) is 0 Å². The minimum atomic E-state index is -0.109. The highest BCUT2D eigenvalue weighted by Crippen LogP contribution is 2.28. The molecule has 4 nitrogen and oxygen atoms in total. The van der Waals surface area contributed by atoms with Crippen LogP contribution in [0.3, 0.4) is 0 Å². The molecular formula is C17H18N2O2. The summed E-state index contributed by atoms with van der Waals surface area (Å²) < 4.78 is 5.35. The minimum Gasteiger partial charge on any atom is -0.482 e. The number of nitrogens with one attached hydrogen (secondary N) is 2. The number of hydrogen-bond donors (Lipinski definition) is 2. The maximum atomic E-state index is 11.3. The van der Waals surface area contributed by atoms with Gasteiger partial charge in [-0.15, -0.1) is 0 Å². The van der Waals surface area contributed by atoms with Crippen LogP contribution < -0.4 is 15.4 Å². The first kappa shape index (κ1) is 13.5. The smallest absolute Gasteiger partial charge is 0.262 e. The fraction of sp³-hybridized carbons (Fsp3) is 0.235.